The van der Waals surface area contributed by atoms with Crippen molar-refractivity contribution in [3.8, 4) is 0 Å². The number of hydrogen-bond donors (Lipinski definition) is 3. The molecule has 3 aliphatic heterocycles. The number of nitrogens with one attached hydrogen (secondary N) is 3. The van der Waals surface area contributed by atoms with Crippen LogP contribution in [-0.2, 0) is 9.59 Å². The first-order chi connectivity index (χ1) is 13.5. The number of carbonyl (C=O) groups excluding carboxylic acids is 2. The molecule has 2 saturated carbocycles. The average Bonchev–Trinajstić information content (AvgIpc) is 3.33. The highest BCUT2D eigenvalue weighted by atomic mass is 19.1. The summed E-state index contributed by atoms with van der Waals surface area (Å²) in [6.07, 6.45) is 5.11. The van der Waals surface area contributed by atoms with E-state index in [2.05, 4.69) is 16.2 Å². The van der Waals surface area contributed by atoms with Gasteiger partial charge in [0, 0.05) is 44.2 Å². The third kappa shape index (κ3) is 3.33. The second-order valence-electron chi connectivity index (χ2n) is 9.52. The van der Waals surface area contributed by atoms with Crippen LogP contribution in [0.25, 0.3) is 0 Å². The van der Waals surface area contributed by atoms with Gasteiger partial charge < -0.3 is 15.1 Å². The number of alkyl halides is 1. The van der Waals surface area contributed by atoms with Crippen LogP contribution in [-0.4, -0.2) is 78.1 Å². The van der Waals surface area contributed by atoms with Gasteiger partial charge in [-0.25, -0.2) is 9.82 Å². The molecular weight excluding hydrogens is 361 g/mol. The van der Waals surface area contributed by atoms with Crippen molar-refractivity contribution in [1.82, 2.24) is 26.0 Å². The topological polar surface area (TPSA) is 76.7 Å². The first-order valence-electron chi connectivity index (χ1n) is 11.0. The van der Waals surface area contributed by atoms with Crippen LogP contribution in [0.4, 0.5) is 4.39 Å². The summed E-state index contributed by atoms with van der Waals surface area (Å²) < 4.78 is 13.7. The minimum atomic E-state index is -0.710. The van der Waals surface area contributed by atoms with Gasteiger partial charge in [-0.2, -0.15) is 0 Å². The highest BCUT2D eigenvalue weighted by molar-refractivity contribution is 5.84. The number of likely N-dealkylation sites (tertiary alicyclic amines) is 1. The maximum absolute atomic E-state index is 13.7. The van der Waals surface area contributed by atoms with Crippen molar-refractivity contribution in [2.24, 2.45) is 11.8 Å². The Kier molecular flexibility index (Phi) is 4.83. The van der Waals surface area contributed by atoms with Crippen LogP contribution in [0, 0.1) is 11.8 Å². The number of hydrogen-bond acceptors (Lipinski definition) is 5. The lowest BCUT2D eigenvalue weighted by Gasteiger charge is -2.37. The maximum Gasteiger partial charge on any atom is 0.241 e. The van der Waals surface area contributed by atoms with Gasteiger partial charge in [0.15, 0.2) is 0 Å². The highest BCUT2D eigenvalue weighted by Gasteiger charge is 2.48. The van der Waals surface area contributed by atoms with E-state index in [1.807, 2.05) is 16.8 Å². The Morgan fingerprint density at radius 3 is 2.64 bits per heavy atom. The quantitative estimate of drug-likeness (QED) is 0.637. The van der Waals surface area contributed by atoms with E-state index in [9.17, 15) is 14.0 Å². The van der Waals surface area contributed by atoms with Crippen molar-refractivity contribution in [2.45, 2.75) is 81.3 Å². The summed E-state index contributed by atoms with van der Waals surface area (Å²) in [7, 11) is 1.89. The molecule has 7 atom stereocenters. The van der Waals surface area contributed by atoms with E-state index >= 15 is 0 Å². The van der Waals surface area contributed by atoms with E-state index in [1.54, 1.807) is 0 Å². The fourth-order valence-corrected chi connectivity index (χ4v) is 5.82. The number of hydrazine groups is 1. The van der Waals surface area contributed by atoms with E-state index < -0.39 is 6.17 Å². The number of likely N-dealkylation sites (N-methyl/N-ethyl adjacent to an activating group) is 1. The number of piperidine rings is 1. The van der Waals surface area contributed by atoms with Crippen molar-refractivity contribution in [2.75, 3.05) is 20.1 Å². The third-order valence-corrected chi connectivity index (χ3v) is 7.70. The Morgan fingerprint density at radius 1 is 1.04 bits per heavy atom. The molecule has 0 radical (unpaired) electrons. The molecule has 2 aliphatic carbocycles. The van der Waals surface area contributed by atoms with E-state index in [4.69, 9.17) is 0 Å². The van der Waals surface area contributed by atoms with Crippen molar-refractivity contribution in [3.63, 3.8) is 0 Å². The van der Waals surface area contributed by atoms with E-state index in [0.29, 0.717) is 32.0 Å². The zero-order valence-corrected chi connectivity index (χ0v) is 16.6. The fourth-order valence-electron chi connectivity index (χ4n) is 5.82. The van der Waals surface area contributed by atoms with Crippen LogP contribution in [0.1, 0.15) is 44.9 Å². The zero-order valence-electron chi connectivity index (χ0n) is 16.6. The van der Waals surface area contributed by atoms with Gasteiger partial charge in [-0.15, -0.1) is 0 Å². The normalized spacial score (nSPS) is 42.8. The van der Waals surface area contributed by atoms with Crippen LogP contribution in [0.2, 0.25) is 0 Å². The molecule has 0 spiro atoms. The smallest absolute Gasteiger partial charge is 0.241 e. The Bertz CT molecular complexity index is 644. The van der Waals surface area contributed by atoms with Crippen LogP contribution in [0.15, 0.2) is 0 Å². The Hall–Kier alpha value is -1.25. The number of halogens is 1. The first kappa shape index (κ1) is 18.8. The number of nitrogens with zero attached hydrogens (tertiary/aromatic N) is 2. The van der Waals surface area contributed by atoms with Gasteiger partial charge in [-0.1, -0.05) is 0 Å². The summed E-state index contributed by atoms with van der Waals surface area (Å²) >= 11 is 0. The Morgan fingerprint density at radius 2 is 1.86 bits per heavy atom. The molecule has 5 fully saturated rings. The molecule has 28 heavy (non-hydrogen) atoms. The molecule has 156 valence electrons. The highest BCUT2D eigenvalue weighted by Crippen LogP contribution is 2.36. The maximum atomic E-state index is 13.7. The Labute approximate surface area is 165 Å². The average molecular weight is 394 g/mol. The number of carbonyl (C=O) groups is 2. The molecule has 7 nitrogen and oxygen atoms in total. The molecule has 0 aromatic carbocycles. The molecule has 3 saturated heterocycles. The molecule has 7 unspecified atom stereocenters. The van der Waals surface area contributed by atoms with Gasteiger partial charge in [0.05, 0.1) is 6.04 Å². The van der Waals surface area contributed by atoms with E-state index in [-0.39, 0.29) is 47.8 Å². The summed E-state index contributed by atoms with van der Waals surface area (Å²) in [5, 5.41) is 3.48. The number of amides is 2. The van der Waals surface area contributed by atoms with Gasteiger partial charge in [0.1, 0.15) is 12.2 Å². The molecule has 0 bridgehead atoms. The first-order valence-corrected chi connectivity index (χ1v) is 11.0. The second kappa shape index (κ2) is 7.22. The van der Waals surface area contributed by atoms with Gasteiger partial charge in [-0.05, 0) is 50.9 Å². The van der Waals surface area contributed by atoms with E-state index in [0.717, 1.165) is 32.1 Å². The molecule has 0 aromatic rings. The molecule has 3 heterocycles. The molecule has 2 amide bonds. The predicted octanol–water partition coefficient (Wildman–Crippen LogP) is 0.169. The van der Waals surface area contributed by atoms with E-state index in [1.165, 1.54) is 0 Å². The minimum Gasteiger partial charge on any atom is -0.341 e. The largest absolute Gasteiger partial charge is 0.341 e. The fraction of sp³-hybridized carbons (Fsp3) is 0.900. The van der Waals surface area contributed by atoms with Crippen molar-refractivity contribution in [1.29, 1.82) is 0 Å². The second-order valence-corrected chi connectivity index (χ2v) is 9.52. The summed E-state index contributed by atoms with van der Waals surface area (Å²) in [6.45, 7) is 1.32. The van der Waals surface area contributed by atoms with Gasteiger partial charge in [0.25, 0.3) is 0 Å². The van der Waals surface area contributed by atoms with Crippen LogP contribution < -0.4 is 16.2 Å². The van der Waals surface area contributed by atoms with Gasteiger partial charge >= 0.3 is 0 Å². The lowest BCUT2D eigenvalue weighted by atomic mass is 9.83. The lowest BCUT2D eigenvalue weighted by molar-refractivity contribution is -0.138. The van der Waals surface area contributed by atoms with Crippen LogP contribution in [0.5, 0.6) is 0 Å². The summed E-state index contributed by atoms with van der Waals surface area (Å²) in [6, 6.07) is 0.451. The summed E-state index contributed by atoms with van der Waals surface area (Å²) in [5.41, 5.74) is 6.49. The van der Waals surface area contributed by atoms with Crippen LogP contribution in [0.3, 0.4) is 0 Å². The SMILES string of the molecule is CN(C(=O)C1NNC2CCN(C(=O)C3CC4CC(F)CCC4N3)CC21)C1CC1. The Balaban J connectivity index is 1.22. The zero-order chi connectivity index (χ0) is 19.4. The molecule has 5 rings (SSSR count). The standard InChI is InChI=1S/C20H32FN5O2/c1-25(13-3-4-13)20(28)18-14-10-26(7-6-16(14)23-24-18)19(27)17-9-11-8-12(21)2-5-15(11)22-17/h11-18,22-24H,2-10H2,1H3. The molecule has 5 aliphatic rings. The third-order valence-electron chi connectivity index (χ3n) is 7.70. The summed E-state index contributed by atoms with van der Waals surface area (Å²) in [5.74, 6) is 0.657. The van der Waals surface area contributed by atoms with Crippen molar-refractivity contribution in [3.05, 3.63) is 0 Å². The minimum absolute atomic E-state index is 0.102. The van der Waals surface area contributed by atoms with Crippen LogP contribution >= 0.6 is 0 Å². The van der Waals surface area contributed by atoms with Crippen molar-refractivity contribution < 1.29 is 14.0 Å². The predicted molar refractivity (Wildman–Crippen MR) is 102 cm³/mol. The molecular formula is C20H32FN5O2. The van der Waals surface area contributed by atoms with Crippen molar-refractivity contribution >= 4 is 11.8 Å². The van der Waals surface area contributed by atoms with Gasteiger partial charge in [0.2, 0.25) is 11.8 Å². The summed E-state index contributed by atoms with van der Waals surface area (Å²) in [4.78, 5) is 29.9. The molecule has 3 N–H and O–H groups in total. The number of rotatable bonds is 3. The molecule has 0 aromatic heterocycles. The van der Waals surface area contributed by atoms with Gasteiger partial charge in [-0.3, -0.25) is 15.0 Å². The monoisotopic (exact) mass is 393 g/mol. The number of fused-ring (bicyclic) bond motifs is 2. The molecule has 8 heteroatoms. The lowest BCUT2D eigenvalue weighted by Crippen LogP contribution is -2.55.